The third-order valence-electron chi connectivity index (χ3n) is 2.73. The summed E-state index contributed by atoms with van der Waals surface area (Å²) in [4.78, 5) is 2.11. The molecule has 0 saturated carbocycles. The second-order valence-electron chi connectivity index (χ2n) is 4.40. The third kappa shape index (κ3) is 2.64. The summed E-state index contributed by atoms with van der Waals surface area (Å²) in [5.74, 6) is 0.579. The van der Waals surface area contributed by atoms with E-state index in [1.54, 1.807) is 0 Å². The van der Waals surface area contributed by atoms with Crippen molar-refractivity contribution in [1.82, 2.24) is 19.7 Å². The Morgan fingerprint density at radius 2 is 2.13 bits per heavy atom. The zero-order valence-corrected chi connectivity index (χ0v) is 10.4. The molecular formula is C9H18N4OS. The number of aromatic amines is 1. The van der Waals surface area contributed by atoms with Crippen molar-refractivity contribution in [3.63, 3.8) is 0 Å². The molecule has 86 valence electrons. The van der Waals surface area contributed by atoms with Crippen LogP contribution in [0.3, 0.4) is 0 Å². The SMILES string of the molecule is CN(C)C(C)(C)Cn1c(CO)n[nH]c1=S. The number of aromatic nitrogens is 3. The van der Waals surface area contributed by atoms with Crippen molar-refractivity contribution in [1.29, 1.82) is 0 Å². The van der Waals surface area contributed by atoms with Crippen molar-refractivity contribution in [3.05, 3.63) is 10.6 Å². The normalized spacial score (nSPS) is 12.4. The molecule has 15 heavy (non-hydrogen) atoms. The summed E-state index contributed by atoms with van der Waals surface area (Å²) in [5.41, 5.74) is -0.0357. The van der Waals surface area contributed by atoms with E-state index in [9.17, 15) is 0 Å². The van der Waals surface area contributed by atoms with Gasteiger partial charge in [0, 0.05) is 12.1 Å². The lowest BCUT2D eigenvalue weighted by Gasteiger charge is -2.33. The summed E-state index contributed by atoms with van der Waals surface area (Å²) in [6.07, 6.45) is 0. The first kappa shape index (κ1) is 12.4. The predicted octanol–water partition coefficient (Wildman–Crippen LogP) is 0.773. The van der Waals surface area contributed by atoms with Gasteiger partial charge in [0.1, 0.15) is 6.61 Å². The fourth-order valence-electron chi connectivity index (χ4n) is 1.16. The molecule has 1 rings (SSSR count). The molecule has 0 aromatic carbocycles. The van der Waals surface area contributed by atoms with E-state index in [1.165, 1.54) is 0 Å². The summed E-state index contributed by atoms with van der Waals surface area (Å²) in [6.45, 7) is 4.83. The standard InChI is InChI=1S/C9H18N4OS/c1-9(2,12(3)4)6-13-7(5-14)10-11-8(13)15/h14H,5-6H2,1-4H3,(H,11,15). The lowest BCUT2D eigenvalue weighted by Crippen LogP contribution is -2.42. The molecule has 0 radical (unpaired) electrons. The van der Waals surface area contributed by atoms with Gasteiger partial charge in [0.25, 0.3) is 0 Å². The number of hydrogen-bond donors (Lipinski definition) is 2. The van der Waals surface area contributed by atoms with E-state index < -0.39 is 0 Å². The maximum absolute atomic E-state index is 9.10. The number of H-pyrrole nitrogens is 1. The maximum atomic E-state index is 9.10. The van der Waals surface area contributed by atoms with Crippen LogP contribution in [0.2, 0.25) is 0 Å². The van der Waals surface area contributed by atoms with Crippen molar-refractivity contribution < 1.29 is 5.11 Å². The molecule has 1 aromatic rings. The van der Waals surface area contributed by atoms with Crippen molar-refractivity contribution in [2.45, 2.75) is 32.5 Å². The van der Waals surface area contributed by atoms with Gasteiger partial charge in [0.05, 0.1) is 0 Å². The molecule has 0 spiro atoms. The highest BCUT2D eigenvalue weighted by Crippen LogP contribution is 2.14. The molecule has 0 atom stereocenters. The zero-order chi connectivity index (χ0) is 11.6. The summed E-state index contributed by atoms with van der Waals surface area (Å²) in [5, 5.41) is 15.7. The van der Waals surface area contributed by atoms with Gasteiger partial charge in [-0.15, -0.1) is 0 Å². The number of aliphatic hydroxyl groups excluding tert-OH is 1. The summed E-state index contributed by atoms with van der Waals surface area (Å²) >= 11 is 5.11. The lowest BCUT2D eigenvalue weighted by atomic mass is 10.0. The average molecular weight is 230 g/mol. The number of hydrogen-bond acceptors (Lipinski definition) is 4. The fraction of sp³-hybridized carbons (Fsp3) is 0.778. The van der Waals surface area contributed by atoms with Crippen LogP contribution >= 0.6 is 12.2 Å². The second-order valence-corrected chi connectivity index (χ2v) is 4.78. The molecule has 0 aliphatic heterocycles. The summed E-state index contributed by atoms with van der Waals surface area (Å²) in [6, 6.07) is 0. The zero-order valence-electron chi connectivity index (χ0n) is 9.61. The highest BCUT2D eigenvalue weighted by Gasteiger charge is 2.22. The van der Waals surface area contributed by atoms with Crippen LogP contribution < -0.4 is 0 Å². The van der Waals surface area contributed by atoms with Crippen LogP contribution in [0.4, 0.5) is 0 Å². The Morgan fingerprint density at radius 3 is 2.60 bits per heavy atom. The molecular weight excluding hydrogens is 212 g/mol. The molecule has 6 heteroatoms. The molecule has 0 bridgehead atoms. The number of nitrogens with zero attached hydrogens (tertiary/aromatic N) is 3. The Labute approximate surface area is 94.7 Å². The first-order valence-corrected chi connectivity index (χ1v) is 5.21. The maximum Gasteiger partial charge on any atom is 0.195 e. The van der Waals surface area contributed by atoms with Gasteiger partial charge in [-0.1, -0.05) is 0 Å². The van der Waals surface area contributed by atoms with E-state index in [0.717, 1.165) is 0 Å². The number of rotatable bonds is 4. The third-order valence-corrected chi connectivity index (χ3v) is 3.05. The van der Waals surface area contributed by atoms with Crippen LogP contribution in [0, 0.1) is 4.77 Å². The van der Waals surface area contributed by atoms with Crippen molar-refractivity contribution in [3.8, 4) is 0 Å². The molecule has 0 amide bonds. The predicted molar refractivity (Wildman–Crippen MR) is 61.1 cm³/mol. The van der Waals surface area contributed by atoms with Crippen LogP contribution in [-0.4, -0.2) is 44.4 Å². The molecule has 0 fully saturated rings. The van der Waals surface area contributed by atoms with Gasteiger partial charge in [-0.3, -0.25) is 5.10 Å². The van der Waals surface area contributed by atoms with Crippen LogP contribution in [-0.2, 0) is 13.2 Å². The van der Waals surface area contributed by atoms with E-state index in [0.29, 0.717) is 17.1 Å². The first-order valence-electron chi connectivity index (χ1n) is 4.81. The number of aliphatic hydroxyl groups is 1. The minimum absolute atomic E-state index is 0.0357. The Bertz CT molecular complexity index is 380. The summed E-state index contributed by atoms with van der Waals surface area (Å²) < 4.78 is 2.38. The quantitative estimate of drug-likeness (QED) is 0.750. The van der Waals surface area contributed by atoms with E-state index in [1.807, 2.05) is 18.7 Å². The minimum Gasteiger partial charge on any atom is -0.388 e. The molecule has 0 saturated heterocycles. The van der Waals surface area contributed by atoms with Crippen LogP contribution in [0.25, 0.3) is 0 Å². The highest BCUT2D eigenvalue weighted by molar-refractivity contribution is 7.71. The van der Waals surface area contributed by atoms with Gasteiger partial charge in [0.2, 0.25) is 0 Å². The molecule has 2 N–H and O–H groups in total. The van der Waals surface area contributed by atoms with E-state index in [2.05, 4.69) is 28.9 Å². The summed E-state index contributed by atoms with van der Waals surface area (Å²) in [7, 11) is 4.03. The van der Waals surface area contributed by atoms with Crippen LogP contribution in [0.1, 0.15) is 19.7 Å². The topological polar surface area (TPSA) is 57.1 Å². The van der Waals surface area contributed by atoms with Gasteiger partial charge in [-0.2, -0.15) is 5.10 Å². The molecule has 5 nitrogen and oxygen atoms in total. The highest BCUT2D eigenvalue weighted by atomic mass is 32.1. The Hall–Kier alpha value is -0.720. The second kappa shape index (κ2) is 4.42. The number of likely N-dealkylation sites (N-methyl/N-ethyl adjacent to an activating group) is 1. The minimum atomic E-state index is -0.101. The molecule has 0 aliphatic carbocycles. The van der Waals surface area contributed by atoms with Crippen LogP contribution in [0.15, 0.2) is 0 Å². The van der Waals surface area contributed by atoms with Gasteiger partial charge in [-0.25, -0.2) is 0 Å². The largest absolute Gasteiger partial charge is 0.388 e. The van der Waals surface area contributed by atoms with Gasteiger partial charge in [0.15, 0.2) is 10.6 Å². The van der Waals surface area contributed by atoms with Gasteiger partial charge >= 0.3 is 0 Å². The van der Waals surface area contributed by atoms with Crippen molar-refractivity contribution in [2.24, 2.45) is 0 Å². The van der Waals surface area contributed by atoms with Crippen molar-refractivity contribution in [2.75, 3.05) is 14.1 Å². The molecule has 0 unspecified atom stereocenters. The monoisotopic (exact) mass is 230 g/mol. The Kier molecular flexibility index (Phi) is 3.64. The van der Waals surface area contributed by atoms with Gasteiger partial charge in [-0.05, 0) is 40.2 Å². The average Bonchev–Trinajstić information content (AvgIpc) is 2.47. The molecule has 1 aromatic heterocycles. The van der Waals surface area contributed by atoms with E-state index in [-0.39, 0.29) is 12.1 Å². The van der Waals surface area contributed by atoms with E-state index >= 15 is 0 Å². The number of nitrogens with one attached hydrogen (secondary N) is 1. The van der Waals surface area contributed by atoms with E-state index in [4.69, 9.17) is 17.3 Å². The Morgan fingerprint density at radius 1 is 1.53 bits per heavy atom. The first-order chi connectivity index (χ1) is 6.88. The molecule has 0 aliphatic rings. The lowest BCUT2D eigenvalue weighted by molar-refractivity contribution is 0.163. The Balaban J connectivity index is 2.98. The molecule has 1 heterocycles. The van der Waals surface area contributed by atoms with Crippen LogP contribution in [0.5, 0.6) is 0 Å². The van der Waals surface area contributed by atoms with Gasteiger partial charge < -0.3 is 14.6 Å². The smallest absolute Gasteiger partial charge is 0.195 e. The van der Waals surface area contributed by atoms with Crippen molar-refractivity contribution >= 4 is 12.2 Å². The fourth-order valence-corrected chi connectivity index (χ4v) is 1.38.